The van der Waals surface area contributed by atoms with E-state index in [1.54, 1.807) is 0 Å². The third-order valence-electron chi connectivity index (χ3n) is 1.95. The first-order valence-corrected chi connectivity index (χ1v) is 6.80. The maximum absolute atomic E-state index is 11.5. The number of carboxylic acids is 1. The molecule has 0 bridgehead atoms. The van der Waals surface area contributed by atoms with Crippen molar-refractivity contribution < 1.29 is 19.5 Å². The molecule has 0 aromatic carbocycles. The zero-order valence-electron chi connectivity index (χ0n) is 13.2. The predicted octanol–water partition coefficient (Wildman–Crippen LogP) is 0.458. The molecule has 0 spiro atoms. The van der Waals surface area contributed by atoms with Gasteiger partial charge in [-0.25, -0.2) is 4.98 Å². The van der Waals surface area contributed by atoms with E-state index in [2.05, 4.69) is 41.4 Å². The van der Waals surface area contributed by atoms with Crippen molar-refractivity contribution in [1.82, 2.24) is 20.6 Å². The highest BCUT2D eigenvalue weighted by Crippen LogP contribution is 1.89. The van der Waals surface area contributed by atoms with Gasteiger partial charge in [-0.15, -0.1) is 0 Å². The molecule has 0 radical (unpaired) electrons. The number of nitrogens with one attached hydrogen (secondary N) is 2. The Bertz CT molecular complexity index is 488. The highest BCUT2D eigenvalue weighted by Gasteiger charge is 2.15. The second kappa shape index (κ2) is 10.3. The van der Waals surface area contributed by atoms with Gasteiger partial charge in [0.2, 0.25) is 5.91 Å². The summed E-state index contributed by atoms with van der Waals surface area (Å²) >= 11 is 0. The summed E-state index contributed by atoms with van der Waals surface area (Å²) in [6.45, 7) is 7.50. The molecule has 122 valence electrons. The molecule has 0 fully saturated rings. The van der Waals surface area contributed by atoms with Gasteiger partial charge in [-0.3, -0.25) is 19.4 Å². The number of amides is 2. The van der Waals surface area contributed by atoms with E-state index in [-0.39, 0.29) is 12.2 Å². The number of aliphatic carboxylic acids is 1. The van der Waals surface area contributed by atoms with Crippen molar-refractivity contribution in [2.45, 2.75) is 33.7 Å². The van der Waals surface area contributed by atoms with Crippen molar-refractivity contribution in [3.05, 3.63) is 24.3 Å². The first-order chi connectivity index (χ1) is 10.2. The lowest BCUT2D eigenvalue weighted by Gasteiger charge is -2.09. The lowest BCUT2D eigenvalue weighted by Crippen LogP contribution is -2.44. The van der Waals surface area contributed by atoms with Crippen molar-refractivity contribution in [3.63, 3.8) is 0 Å². The topological polar surface area (TPSA) is 121 Å². The van der Waals surface area contributed by atoms with Crippen LogP contribution in [-0.2, 0) is 9.59 Å². The number of carbonyl (C=O) groups is 3. The minimum atomic E-state index is -1.15. The molecule has 0 aliphatic carbocycles. The molecule has 22 heavy (non-hydrogen) atoms. The van der Waals surface area contributed by atoms with Crippen LogP contribution in [-0.4, -0.2) is 45.4 Å². The van der Waals surface area contributed by atoms with E-state index < -0.39 is 23.8 Å². The molecule has 1 unspecified atom stereocenters. The Kier molecular flexibility index (Phi) is 9.08. The van der Waals surface area contributed by atoms with E-state index in [1.807, 2.05) is 0 Å². The Morgan fingerprint density at radius 3 is 2.23 bits per heavy atom. The van der Waals surface area contributed by atoms with Crippen LogP contribution in [0.2, 0.25) is 0 Å². The Morgan fingerprint density at radius 1 is 1.18 bits per heavy atom. The monoisotopic (exact) mass is 310 g/mol. The average Bonchev–Trinajstić information content (AvgIpc) is 2.45. The van der Waals surface area contributed by atoms with E-state index in [9.17, 15) is 14.4 Å². The number of hydrogen-bond donors (Lipinski definition) is 3. The average molecular weight is 310 g/mol. The molecule has 0 saturated heterocycles. The van der Waals surface area contributed by atoms with Gasteiger partial charge in [-0.2, -0.15) is 0 Å². The number of nitrogens with zero attached hydrogens (tertiary/aromatic N) is 2. The van der Waals surface area contributed by atoms with E-state index in [4.69, 9.17) is 5.11 Å². The molecule has 8 heteroatoms. The van der Waals surface area contributed by atoms with Gasteiger partial charge in [0, 0.05) is 12.4 Å². The number of carbonyl (C=O) groups excluding carboxylic acids is 2. The number of carboxylic acid groups (broad SMARTS) is 1. The second-order valence-corrected chi connectivity index (χ2v) is 5.13. The minimum Gasteiger partial charge on any atom is -0.480 e. The third kappa shape index (κ3) is 9.40. The van der Waals surface area contributed by atoms with Crippen LogP contribution in [0.25, 0.3) is 0 Å². The molecule has 1 rings (SSSR count). The maximum atomic E-state index is 11.5. The predicted molar refractivity (Wildman–Crippen MR) is 80.1 cm³/mol. The molecule has 3 N–H and O–H groups in total. The summed E-state index contributed by atoms with van der Waals surface area (Å²) in [6.07, 6.45) is 4.02. The number of aromatic nitrogens is 2. The summed E-state index contributed by atoms with van der Waals surface area (Å²) in [6, 6.07) is -1.01. The van der Waals surface area contributed by atoms with Crippen molar-refractivity contribution in [2.75, 3.05) is 6.54 Å². The third-order valence-corrected chi connectivity index (χ3v) is 1.95. The lowest BCUT2D eigenvalue weighted by atomic mass is 10.3. The van der Waals surface area contributed by atoms with Crippen molar-refractivity contribution in [2.24, 2.45) is 5.92 Å². The summed E-state index contributed by atoms with van der Waals surface area (Å²) in [5.41, 5.74) is 0.0802. The highest BCUT2D eigenvalue weighted by atomic mass is 16.4. The highest BCUT2D eigenvalue weighted by molar-refractivity contribution is 5.95. The zero-order chi connectivity index (χ0) is 17.1. The second-order valence-electron chi connectivity index (χ2n) is 5.13. The number of rotatable bonds is 5. The van der Waals surface area contributed by atoms with Crippen LogP contribution >= 0.6 is 0 Å². The summed E-state index contributed by atoms with van der Waals surface area (Å²) in [5, 5.41) is 13.1. The number of hydrogen-bond acceptors (Lipinski definition) is 5. The maximum Gasteiger partial charge on any atom is 0.325 e. The van der Waals surface area contributed by atoms with E-state index in [0.717, 1.165) is 5.92 Å². The molecule has 2 amide bonds. The van der Waals surface area contributed by atoms with Gasteiger partial charge in [-0.1, -0.05) is 20.8 Å². The van der Waals surface area contributed by atoms with Crippen LogP contribution in [0.1, 0.15) is 38.2 Å². The lowest BCUT2D eigenvalue weighted by molar-refractivity contribution is -0.141. The molecule has 1 aromatic rings. The smallest absolute Gasteiger partial charge is 0.325 e. The molecule has 0 aliphatic heterocycles. The fourth-order valence-corrected chi connectivity index (χ4v) is 1.02. The van der Waals surface area contributed by atoms with Crippen LogP contribution in [0.5, 0.6) is 0 Å². The van der Waals surface area contributed by atoms with Gasteiger partial charge in [0.15, 0.2) is 0 Å². The van der Waals surface area contributed by atoms with Crippen molar-refractivity contribution in [1.29, 1.82) is 0 Å². The molecular formula is C14H22N4O4. The standard InChI is InChI=1S/C10H12N4O4.C4H10/c1-6(10(17)18)14-8(15)5-13-9(16)7-4-11-2-3-12-7;1-4(2)3/h2-4,6H,5H2,1H3,(H,13,16)(H,14,15)(H,17,18);4H,1-3H3. The van der Waals surface area contributed by atoms with Crippen molar-refractivity contribution in [3.8, 4) is 0 Å². The van der Waals surface area contributed by atoms with Crippen molar-refractivity contribution >= 4 is 17.8 Å². The minimum absolute atomic E-state index is 0.0802. The van der Waals surface area contributed by atoms with Gasteiger partial charge < -0.3 is 15.7 Å². The van der Waals surface area contributed by atoms with Gasteiger partial charge in [-0.05, 0) is 12.8 Å². The molecule has 0 saturated carbocycles. The van der Waals surface area contributed by atoms with Crippen LogP contribution in [0.4, 0.5) is 0 Å². The largest absolute Gasteiger partial charge is 0.480 e. The van der Waals surface area contributed by atoms with Gasteiger partial charge >= 0.3 is 5.97 Å². The Hall–Kier alpha value is -2.51. The van der Waals surface area contributed by atoms with E-state index in [0.29, 0.717) is 0 Å². The van der Waals surface area contributed by atoms with Crippen LogP contribution in [0.15, 0.2) is 18.6 Å². The first-order valence-electron chi connectivity index (χ1n) is 6.80. The SMILES string of the molecule is CC(C)C.CC(NC(=O)CNC(=O)c1cnccn1)C(=O)O. The molecule has 1 aromatic heterocycles. The molecule has 1 heterocycles. The van der Waals surface area contributed by atoms with E-state index >= 15 is 0 Å². The van der Waals surface area contributed by atoms with Crippen LogP contribution in [0, 0.1) is 5.92 Å². The Balaban J connectivity index is 0.000000980. The normalized spacial score (nSPS) is 11.0. The summed E-state index contributed by atoms with van der Waals surface area (Å²) in [4.78, 5) is 40.6. The van der Waals surface area contributed by atoms with E-state index in [1.165, 1.54) is 25.5 Å². The fourth-order valence-electron chi connectivity index (χ4n) is 1.02. The molecule has 8 nitrogen and oxygen atoms in total. The van der Waals surface area contributed by atoms with Gasteiger partial charge in [0.1, 0.15) is 11.7 Å². The van der Waals surface area contributed by atoms with Crippen LogP contribution < -0.4 is 10.6 Å². The fraction of sp³-hybridized carbons (Fsp3) is 0.500. The zero-order valence-corrected chi connectivity index (χ0v) is 13.2. The van der Waals surface area contributed by atoms with Gasteiger partial charge in [0.05, 0.1) is 12.7 Å². The molecular weight excluding hydrogens is 288 g/mol. The first kappa shape index (κ1) is 19.5. The summed E-state index contributed by atoms with van der Waals surface area (Å²) in [5.74, 6) is -1.47. The Morgan fingerprint density at radius 2 is 1.77 bits per heavy atom. The molecule has 1 atom stereocenters. The summed E-state index contributed by atoms with van der Waals surface area (Å²) in [7, 11) is 0. The summed E-state index contributed by atoms with van der Waals surface area (Å²) < 4.78 is 0. The Labute approximate surface area is 129 Å². The van der Waals surface area contributed by atoms with Crippen LogP contribution in [0.3, 0.4) is 0 Å². The molecule has 0 aliphatic rings. The van der Waals surface area contributed by atoms with Gasteiger partial charge in [0.25, 0.3) is 5.91 Å². The quantitative estimate of drug-likeness (QED) is 0.726.